The number of nitrogens with zero attached hydrogens (tertiary/aromatic N) is 3. The lowest BCUT2D eigenvalue weighted by atomic mass is 10.2. The molecule has 4 rings (SSSR count). The molecule has 2 heterocycles. The highest BCUT2D eigenvalue weighted by Crippen LogP contribution is 2.24. The Morgan fingerprint density at radius 1 is 1.16 bits per heavy atom. The van der Waals surface area contributed by atoms with Crippen LogP contribution in [0.1, 0.15) is 27.4 Å². The van der Waals surface area contributed by atoms with Crippen LogP contribution in [-0.4, -0.2) is 20.8 Å². The van der Waals surface area contributed by atoms with Crippen molar-refractivity contribution in [3.8, 4) is 5.75 Å². The molecule has 10 heteroatoms. The number of nitrogens with one attached hydrogen (secondary N) is 1. The molecule has 32 heavy (non-hydrogen) atoms. The van der Waals surface area contributed by atoms with Gasteiger partial charge in [0, 0.05) is 11.2 Å². The van der Waals surface area contributed by atoms with E-state index in [-0.39, 0.29) is 29.0 Å². The van der Waals surface area contributed by atoms with E-state index in [0.29, 0.717) is 28.6 Å². The van der Waals surface area contributed by atoms with E-state index < -0.39 is 5.91 Å². The van der Waals surface area contributed by atoms with Crippen LogP contribution in [0.25, 0.3) is 0 Å². The summed E-state index contributed by atoms with van der Waals surface area (Å²) in [4.78, 5) is 12.8. The van der Waals surface area contributed by atoms with Crippen molar-refractivity contribution in [1.82, 2.24) is 14.9 Å². The smallest absolute Gasteiger partial charge is 0.279 e. The SMILES string of the molecule is Cc1onc(C(=O)Nc2nn(Cc3ccccc3Cl)cc2Cl)c1COc1ccc(F)cc1. The van der Waals surface area contributed by atoms with Gasteiger partial charge in [-0.3, -0.25) is 9.48 Å². The van der Waals surface area contributed by atoms with E-state index in [2.05, 4.69) is 15.6 Å². The zero-order valence-electron chi connectivity index (χ0n) is 16.8. The summed E-state index contributed by atoms with van der Waals surface area (Å²) in [6, 6.07) is 12.9. The van der Waals surface area contributed by atoms with Crippen LogP contribution >= 0.6 is 23.2 Å². The van der Waals surface area contributed by atoms with Gasteiger partial charge in [-0.05, 0) is 42.8 Å². The van der Waals surface area contributed by atoms with Gasteiger partial charge >= 0.3 is 0 Å². The molecule has 0 saturated heterocycles. The topological polar surface area (TPSA) is 82.2 Å². The number of carbonyl (C=O) groups excluding carboxylic acids is 1. The van der Waals surface area contributed by atoms with Gasteiger partial charge in [-0.2, -0.15) is 5.10 Å². The van der Waals surface area contributed by atoms with E-state index in [4.69, 9.17) is 32.5 Å². The van der Waals surface area contributed by atoms with Crippen molar-refractivity contribution < 1.29 is 18.4 Å². The Morgan fingerprint density at radius 2 is 1.91 bits per heavy atom. The number of amides is 1. The van der Waals surface area contributed by atoms with Crippen LogP contribution in [0.5, 0.6) is 5.75 Å². The predicted octanol–water partition coefficient (Wildman–Crippen LogP) is 5.51. The molecule has 2 aromatic heterocycles. The average Bonchev–Trinajstić information content (AvgIpc) is 3.31. The number of anilines is 1. The van der Waals surface area contributed by atoms with E-state index in [1.54, 1.807) is 23.9 Å². The molecule has 4 aromatic rings. The molecular formula is C22H17Cl2FN4O3. The van der Waals surface area contributed by atoms with Crippen LogP contribution in [0.4, 0.5) is 10.2 Å². The Kier molecular flexibility index (Phi) is 6.43. The van der Waals surface area contributed by atoms with Gasteiger partial charge in [0.25, 0.3) is 5.91 Å². The molecule has 1 N–H and O–H groups in total. The number of hydrogen-bond donors (Lipinski definition) is 1. The third kappa shape index (κ3) is 4.92. The molecule has 2 aromatic carbocycles. The van der Waals surface area contributed by atoms with Crippen molar-refractivity contribution in [3.05, 3.63) is 93.2 Å². The summed E-state index contributed by atoms with van der Waals surface area (Å²) in [6.45, 7) is 2.06. The van der Waals surface area contributed by atoms with E-state index >= 15 is 0 Å². The molecule has 0 bridgehead atoms. The molecule has 0 radical (unpaired) electrons. The number of aryl methyl sites for hydroxylation is 1. The fraction of sp³-hybridized carbons (Fsp3) is 0.136. The van der Waals surface area contributed by atoms with Crippen LogP contribution in [0, 0.1) is 12.7 Å². The number of hydrogen-bond acceptors (Lipinski definition) is 5. The van der Waals surface area contributed by atoms with Gasteiger partial charge in [-0.25, -0.2) is 4.39 Å². The highest BCUT2D eigenvalue weighted by Gasteiger charge is 2.22. The van der Waals surface area contributed by atoms with Gasteiger partial charge in [0.2, 0.25) is 0 Å². The summed E-state index contributed by atoms with van der Waals surface area (Å²) in [5, 5.41) is 11.7. The molecular weight excluding hydrogens is 458 g/mol. The maximum absolute atomic E-state index is 13.1. The van der Waals surface area contributed by atoms with Crippen LogP contribution in [0.3, 0.4) is 0 Å². The Hall–Kier alpha value is -3.36. The Balaban J connectivity index is 1.47. The van der Waals surface area contributed by atoms with E-state index in [0.717, 1.165) is 5.56 Å². The lowest BCUT2D eigenvalue weighted by Crippen LogP contribution is -2.16. The van der Waals surface area contributed by atoms with Crippen molar-refractivity contribution in [3.63, 3.8) is 0 Å². The second-order valence-corrected chi connectivity index (χ2v) is 7.69. The second-order valence-electron chi connectivity index (χ2n) is 6.88. The number of rotatable bonds is 7. The molecule has 1 amide bonds. The second kappa shape index (κ2) is 9.42. The van der Waals surface area contributed by atoms with Crippen LogP contribution in [-0.2, 0) is 13.2 Å². The zero-order chi connectivity index (χ0) is 22.7. The van der Waals surface area contributed by atoms with Gasteiger partial charge in [-0.15, -0.1) is 0 Å². The standard InChI is InChI=1S/C22H17Cl2FN4O3/c1-13-17(12-31-16-8-6-15(25)7-9-16)20(28-32-13)22(30)26-21-19(24)11-29(27-21)10-14-4-2-3-5-18(14)23/h2-9,11H,10,12H2,1H3,(H,26,27,30). The lowest BCUT2D eigenvalue weighted by molar-refractivity contribution is 0.101. The van der Waals surface area contributed by atoms with Crippen LogP contribution in [0.15, 0.2) is 59.3 Å². The molecule has 0 fully saturated rings. The Bertz CT molecular complexity index is 1250. The number of aromatic nitrogens is 3. The fourth-order valence-electron chi connectivity index (χ4n) is 2.96. The molecule has 0 aliphatic rings. The van der Waals surface area contributed by atoms with Crippen LogP contribution < -0.4 is 10.1 Å². The third-order valence-corrected chi connectivity index (χ3v) is 5.28. The number of ether oxygens (including phenoxy) is 1. The van der Waals surface area contributed by atoms with Gasteiger partial charge in [-0.1, -0.05) is 46.6 Å². The Morgan fingerprint density at radius 3 is 2.66 bits per heavy atom. The van der Waals surface area contributed by atoms with Crippen molar-refractivity contribution in [2.24, 2.45) is 0 Å². The first-order valence-corrected chi connectivity index (χ1v) is 10.3. The number of benzene rings is 2. The minimum absolute atomic E-state index is 0.0123. The molecule has 0 atom stereocenters. The maximum Gasteiger partial charge on any atom is 0.279 e. The highest BCUT2D eigenvalue weighted by molar-refractivity contribution is 6.33. The molecule has 164 valence electrons. The Labute approximate surface area is 192 Å². The van der Waals surface area contributed by atoms with E-state index in [1.165, 1.54) is 24.3 Å². The minimum atomic E-state index is -0.551. The summed E-state index contributed by atoms with van der Waals surface area (Å²) in [6.07, 6.45) is 1.59. The van der Waals surface area contributed by atoms with Crippen molar-refractivity contribution >= 4 is 34.9 Å². The summed E-state index contributed by atoms with van der Waals surface area (Å²) in [5.41, 5.74) is 1.36. The molecule has 0 aliphatic heterocycles. The molecule has 0 unspecified atom stereocenters. The van der Waals surface area contributed by atoms with E-state index in [1.807, 2.05) is 18.2 Å². The summed E-state index contributed by atoms with van der Waals surface area (Å²) < 4.78 is 25.4. The largest absolute Gasteiger partial charge is 0.489 e. The number of halogens is 3. The quantitative estimate of drug-likeness (QED) is 0.382. The lowest BCUT2D eigenvalue weighted by Gasteiger charge is -2.07. The maximum atomic E-state index is 13.1. The first kappa shape index (κ1) is 21.9. The minimum Gasteiger partial charge on any atom is -0.489 e. The van der Waals surface area contributed by atoms with E-state index in [9.17, 15) is 9.18 Å². The number of carbonyl (C=O) groups is 1. The first-order chi connectivity index (χ1) is 15.4. The monoisotopic (exact) mass is 474 g/mol. The first-order valence-electron chi connectivity index (χ1n) is 9.52. The van der Waals surface area contributed by atoms with Gasteiger partial charge in [0.15, 0.2) is 11.5 Å². The summed E-state index contributed by atoms with van der Waals surface area (Å²) >= 11 is 12.4. The van der Waals surface area contributed by atoms with Crippen LogP contribution in [0.2, 0.25) is 10.0 Å². The third-order valence-electron chi connectivity index (χ3n) is 4.64. The average molecular weight is 475 g/mol. The predicted molar refractivity (Wildman–Crippen MR) is 118 cm³/mol. The van der Waals surface area contributed by atoms with Crippen molar-refractivity contribution in [2.45, 2.75) is 20.1 Å². The molecule has 0 spiro atoms. The highest BCUT2D eigenvalue weighted by atomic mass is 35.5. The van der Waals surface area contributed by atoms with Gasteiger partial charge in [0.05, 0.1) is 12.1 Å². The molecule has 0 aliphatic carbocycles. The summed E-state index contributed by atoms with van der Waals surface area (Å²) in [5.74, 6) is 0.121. The zero-order valence-corrected chi connectivity index (χ0v) is 18.3. The van der Waals surface area contributed by atoms with Crippen molar-refractivity contribution in [2.75, 3.05) is 5.32 Å². The molecule has 7 nitrogen and oxygen atoms in total. The molecule has 0 saturated carbocycles. The van der Waals surface area contributed by atoms with Crippen molar-refractivity contribution in [1.29, 1.82) is 0 Å². The fourth-order valence-corrected chi connectivity index (χ4v) is 3.35. The van der Waals surface area contributed by atoms with Gasteiger partial charge < -0.3 is 14.6 Å². The van der Waals surface area contributed by atoms with Gasteiger partial charge in [0.1, 0.15) is 29.0 Å². The normalized spacial score (nSPS) is 10.9. The summed E-state index contributed by atoms with van der Waals surface area (Å²) in [7, 11) is 0.